The summed E-state index contributed by atoms with van der Waals surface area (Å²) in [6, 6.07) is 7.82. The lowest BCUT2D eigenvalue weighted by Gasteiger charge is -2.28. The number of piperidine rings is 1. The van der Waals surface area contributed by atoms with Crippen molar-refractivity contribution in [1.29, 1.82) is 0 Å². The number of hydrogen-bond donors (Lipinski definition) is 2. The molecule has 0 unspecified atom stereocenters. The zero-order valence-corrected chi connectivity index (χ0v) is 12.8. The second-order valence-electron chi connectivity index (χ2n) is 5.79. The number of carbonyl (C=O) groups is 1. The highest BCUT2D eigenvalue weighted by Gasteiger charge is 2.18. The van der Waals surface area contributed by atoms with Crippen LogP contribution in [0.2, 0.25) is 0 Å². The standard InChI is InChI=1S/C16H22N4O2/c1-20-8-6-12(7-9-20)22-11-16(21)17-10-15-18-13-4-2-3-5-14(13)19-15/h2-5,12H,6-11H2,1H3,(H,17,21)(H,18,19). The zero-order chi connectivity index (χ0) is 15.4. The number of hydrogen-bond acceptors (Lipinski definition) is 4. The van der Waals surface area contributed by atoms with Gasteiger partial charge in [-0.05, 0) is 32.0 Å². The molecule has 0 saturated carbocycles. The number of aromatic amines is 1. The van der Waals surface area contributed by atoms with Gasteiger partial charge in [0.05, 0.1) is 23.7 Å². The molecule has 22 heavy (non-hydrogen) atoms. The number of aromatic nitrogens is 2. The lowest BCUT2D eigenvalue weighted by molar-refractivity contribution is -0.128. The van der Waals surface area contributed by atoms with E-state index >= 15 is 0 Å². The lowest BCUT2D eigenvalue weighted by atomic mass is 10.1. The molecule has 0 aliphatic carbocycles. The number of nitrogens with zero attached hydrogens (tertiary/aromatic N) is 2. The van der Waals surface area contributed by atoms with Gasteiger partial charge in [-0.3, -0.25) is 4.79 Å². The van der Waals surface area contributed by atoms with Gasteiger partial charge in [0.15, 0.2) is 0 Å². The van der Waals surface area contributed by atoms with Crippen LogP contribution in [0.25, 0.3) is 11.0 Å². The van der Waals surface area contributed by atoms with Gasteiger partial charge < -0.3 is 19.9 Å². The summed E-state index contributed by atoms with van der Waals surface area (Å²) in [7, 11) is 2.11. The van der Waals surface area contributed by atoms with Crippen LogP contribution in [0.5, 0.6) is 0 Å². The van der Waals surface area contributed by atoms with Crippen molar-refractivity contribution in [3.8, 4) is 0 Å². The van der Waals surface area contributed by atoms with Crippen molar-refractivity contribution in [2.75, 3.05) is 26.7 Å². The van der Waals surface area contributed by atoms with Crippen molar-refractivity contribution in [3.05, 3.63) is 30.1 Å². The molecule has 2 aromatic rings. The Hall–Kier alpha value is -1.92. The third-order valence-corrected chi connectivity index (χ3v) is 4.01. The van der Waals surface area contributed by atoms with Crippen molar-refractivity contribution in [2.24, 2.45) is 0 Å². The molecule has 6 nitrogen and oxygen atoms in total. The van der Waals surface area contributed by atoms with Crippen molar-refractivity contribution < 1.29 is 9.53 Å². The molecule has 1 aliphatic rings. The summed E-state index contributed by atoms with van der Waals surface area (Å²) in [6.07, 6.45) is 2.19. The maximum absolute atomic E-state index is 11.9. The van der Waals surface area contributed by atoms with E-state index in [-0.39, 0.29) is 18.6 Å². The monoisotopic (exact) mass is 302 g/mol. The summed E-state index contributed by atoms with van der Waals surface area (Å²) in [4.78, 5) is 21.7. The number of H-pyrrole nitrogens is 1. The number of ether oxygens (including phenoxy) is 1. The molecule has 1 fully saturated rings. The Labute approximate surface area is 129 Å². The third kappa shape index (κ3) is 3.84. The number of fused-ring (bicyclic) bond motifs is 1. The van der Waals surface area contributed by atoms with Crippen molar-refractivity contribution in [2.45, 2.75) is 25.5 Å². The minimum atomic E-state index is -0.0978. The molecule has 2 N–H and O–H groups in total. The second-order valence-corrected chi connectivity index (χ2v) is 5.79. The van der Waals surface area contributed by atoms with Crippen LogP contribution in [0.1, 0.15) is 18.7 Å². The summed E-state index contributed by atoms with van der Waals surface area (Å²) < 4.78 is 5.67. The molecule has 3 rings (SSSR count). The summed E-state index contributed by atoms with van der Waals surface area (Å²) >= 11 is 0. The first kappa shape index (κ1) is 15.0. The number of imidazole rings is 1. The predicted molar refractivity (Wildman–Crippen MR) is 84.4 cm³/mol. The largest absolute Gasteiger partial charge is 0.368 e. The fourth-order valence-electron chi connectivity index (χ4n) is 2.67. The van der Waals surface area contributed by atoms with Crippen molar-refractivity contribution in [3.63, 3.8) is 0 Å². The van der Waals surface area contributed by atoms with E-state index in [0.29, 0.717) is 6.54 Å². The minimum absolute atomic E-state index is 0.0978. The van der Waals surface area contributed by atoms with Crippen LogP contribution in [-0.4, -0.2) is 53.6 Å². The van der Waals surface area contributed by atoms with E-state index in [0.717, 1.165) is 42.8 Å². The van der Waals surface area contributed by atoms with Crippen LogP contribution in [0.3, 0.4) is 0 Å². The highest BCUT2D eigenvalue weighted by Crippen LogP contribution is 2.12. The van der Waals surface area contributed by atoms with E-state index in [2.05, 4.69) is 27.2 Å². The molecule has 118 valence electrons. The number of benzene rings is 1. The first-order valence-electron chi connectivity index (χ1n) is 7.71. The van der Waals surface area contributed by atoms with Gasteiger partial charge in [-0.1, -0.05) is 12.1 Å². The summed E-state index contributed by atoms with van der Waals surface area (Å²) in [5.74, 6) is 0.660. The Bertz CT molecular complexity index is 599. The molecule has 1 saturated heterocycles. The highest BCUT2D eigenvalue weighted by atomic mass is 16.5. The Morgan fingerprint density at radius 3 is 2.95 bits per heavy atom. The van der Waals surface area contributed by atoms with Gasteiger partial charge in [0.25, 0.3) is 0 Å². The normalized spacial score (nSPS) is 17.0. The fraction of sp³-hybridized carbons (Fsp3) is 0.500. The highest BCUT2D eigenvalue weighted by molar-refractivity contribution is 5.77. The van der Waals surface area contributed by atoms with Gasteiger partial charge in [-0.2, -0.15) is 0 Å². The number of amides is 1. The van der Waals surface area contributed by atoms with E-state index in [1.54, 1.807) is 0 Å². The maximum Gasteiger partial charge on any atom is 0.246 e. The fourth-order valence-corrected chi connectivity index (χ4v) is 2.67. The van der Waals surface area contributed by atoms with Crippen LogP contribution in [0.15, 0.2) is 24.3 Å². The Morgan fingerprint density at radius 1 is 1.41 bits per heavy atom. The number of carbonyl (C=O) groups excluding carboxylic acids is 1. The molecule has 1 amide bonds. The van der Waals surface area contributed by atoms with Gasteiger partial charge in [-0.25, -0.2) is 4.98 Å². The Balaban J connectivity index is 1.42. The first-order chi connectivity index (χ1) is 10.7. The van der Waals surface area contributed by atoms with Crippen LogP contribution < -0.4 is 5.32 Å². The van der Waals surface area contributed by atoms with Gasteiger partial charge in [0.1, 0.15) is 12.4 Å². The molecule has 0 spiro atoms. The van der Waals surface area contributed by atoms with Gasteiger partial charge in [0.2, 0.25) is 5.91 Å². The van der Waals surface area contributed by atoms with E-state index < -0.39 is 0 Å². The van der Waals surface area contributed by atoms with Crippen LogP contribution in [-0.2, 0) is 16.1 Å². The predicted octanol–water partition coefficient (Wildman–Crippen LogP) is 1.29. The molecule has 0 atom stereocenters. The number of nitrogens with one attached hydrogen (secondary N) is 2. The molecular weight excluding hydrogens is 280 g/mol. The number of para-hydroxylation sites is 2. The molecular formula is C16H22N4O2. The van der Waals surface area contributed by atoms with E-state index in [1.165, 1.54) is 0 Å². The molecule has 1 aromatic carbocycles. The first-order valence-corrected chi connectivity index (χ1v) is 7.71. The summed E-state index contributed by atoms with van der Waals surface area (Å²) in [5, 5.41) is 2.84. The maximum atomic E-state index is 11.9. The van der Waals surface area contributed by atoms with E-state index in [9.17, 15) is 4.79 Å². The van der Waals surface area contributed by atoms with Crippen molar-refractivity contribution in [1.82, 2.24) is 20.2 Å². The van der Waals surface area contributed by atoms with Crippen LogP contribution in [0.4, 0.5) is 0 Å². The Morgan fingerprint density at radius 2 is 2.18 bits per heavy atom. The minimum Gasteiger partial charge on any atom is -0.368 e. The average Bonchev–Trinajstić information content (AvgIpc) is 2.95. The van der Waals surface area contributed by atoms with Gasteiger partial charge in [-0.15, -0.1) is 0 Å². The van der Waals surface area contributed by atoms with E-state index in [4.69, 9.17) is 4.74 Å². The third-order valence-electron chi connectivity index (χ3n) is 4.01. The summed E-state index contributed by atoms with van der Waals surface area (Å²) in [6.45, 7) is 2.58. The quantitative estimate of drug-likeness (QED) is 0.873. The van der Waals surface area contributed by atoms with Crippen LogP contribution in [0, 0.1) is 0 Å². The van der Waals surface area contributed by atoms with E-state index in [1.807, 2.05) is 24.3 Å². The van der Waals surface area contributed by atoms with Crippen LogP contribution >= 0.6 is 0 Å². The topological polar surface area (TPSA) is 70.2 Å². The smallest absolute Gasteiger partial charge is 0.246 e. The molecule has 0 radical (unpaired) electrons. The number of rotatable bonds is 5. The molecule has 6 heteroatoms. The second kappa shape index (κ2) is 6.89. The lowest BCUT2D eigenvalue weighted by Crippen LogP contribution is -2.36. The Kier molecular flexibility index (Phi) is 4.70. The molecule has 1 aliphatic heterocycles. The number of likely N-dealkylation sites (tertiary alicyclic amines) is 1. The zero-order valence-electron chi connectivity index (χ0n) is 12.8. The average molecular weight is 302 g/mol. The molecule has 1 aromatic heterocycles. The van der Waals surface area contributed by atoms with Crippen molar-refractivity contribution >= 4 is 16.9 Å². The SMILES string of the molecule is CN1CCC(OCC(=O)NCc2nc3ccccc3[nH]2)CC1. The molecule has 2 heterocycles. The van der Waals surface area contributed by atoms with Gasteiger partial charge >= 0.3 is 0 Å². The van der Waals surface area contributed by atoms with Gasteiger partial charge in [0, 0.05) is 13.1 Å². The molecule has 0 bridgehead atoms. The summed E-state index contributed by atoms with van der Waals surface area (Å²) in [5.41, 5.74) is 1.89.